The molecule has 17 heavy (non-hydrogen) atoms. The predicted octanol–water partition coefficient (Wildman–Crippen LogP) is 2.29. The standard InChI is InChI=1S/C14H17N3/c15-9-11-10-16-13-6-2-1-5-12(13)14(11)17-7-3-4-8-17/h1-2,5-6,10H,3-4,7-9,15H2. The van der Waals surface area contributed by atoms with E-state index >= 15 is 0 Å². The molecular weight excluding hydrogens is 210 g/mol. The van der Waals surface area contributed by atoms with Crippen LogP contribution in [0.15, 0.2) is 30.5 Å². The van der Waals surface area contributed by atoms with Gasteiger partial charge in [0.05, 0.1) is 11.2 Å². The molecule has 2 aromatic rings. The van der Waals surface area contributed by atoms with Gasteiger partial charge in [0, 0.05) is 36.8 Å². The SMILES string of the molecule is NCc1cnc2ccccc2c1N1CCCC1. The van der Waals surface area contributed by atoms with Crippen molar-refractivity contribution in [3.63, 3.8) is 0 Å². The van der Waals surface area contributed by atoms with Gasteiger partial charge in [-0.2, -0.15) is 0 Å². The molecule has 0 unspecified atom stereocenters. The van der Waals surface area contributed by atoms with Crippen molar-refractivity contribution in [3.05, 3.63) is 36.0 Å². The van der Waals surface area contributed by atoms with Crippen LogP contribution in [-0.4, -0.2) is 18.1 Å². The third kappa shape index (κ3) is 1.76. The first-order chi connectivity index (χ1) is 8.40. The topological polar surface area (TPSA) is 42.1 Å². The third-order valence-electron chi connectivity index (χ3n) is 3.47. The van der Waals surface area contributed by atoms with Crippen molar-refractivity contribution in [3.8, 4) is 0 Å². The summed E-state index contributed by atoms with van der Waals surface area (Å²) in [5.74, 6) is 0. The van der Waals surface area contributed by atoms with Gasteiger partial charge in [0.1, 0.15) is 0 Å². The van der Waals surface area contributed by atoms with Crippen LogP contribution >= 0.6 is 0 Å². The van der Waals surface area contributed by atoms with Crippen LogP contribution < -0.4 is 10.6 Å². The Balaban J connectivity index is 2.23. The molecule has 1 aromatic carbocycles. The second kappa shape index (κ2) is 4.34. The van der Waals surface area contributed by atoms with E-state index in [9.17, 15) is 0 Å². The molecule has 2 heterocycles. The Hall–Kier alpha value is -1.61. The number of nitrogens with two attached hydrogens (primary N) is 1. The minimum atomic E-state index is 0.559. The molecule has 3 heteroatoms. The maximum absolute atomic E-state index is 5.84. The van der Waals surface area contributed by atoms with Crippen LogP contribution in [0.4, 0.5) is 5.69 Å². The zero-order valence-electron chi connectivity index (χ0n) is 9.89. The van der Waals surface area contributed by atoms with E-state index in [0.717, 1.165) is 24.2 Å². The van der Waals surface area contributed by atoms with Crippen LogP contribution in [0.5, 0.6) is 0 Å². The molecule has 1 fully saturated rings. The number of rotatable bonds is 2. The number of para-hydroxylation sites is 1. The number of benzene rings is 1. The smallest absolute Gasteiger partial charge is 0.0723 e. The van der Waals surface area contributed by atoms with E-state index in [1.807, 2.05) is 12.3 Å². The molecule has 1 aliphatic heterocycles. The normalized spacial score (nSPS) is 15.7. The van der Waals surface area contributed by atoms with Crippen molar-refractivity contribution in [1.82, 2.24) is 4.98 Å². The molecule has 88 valence electrons. The van der Waals surface area contributed by atoms with E-state index in [4.69, 9.17) is 5.73 Å². The van der Waals surface area contributed by atoms with Crippen LogP contribution in [0.1, 0.15) is 18.4 Å². The molecule has 2 N–H and O–H groups in total. The van der Waals surface area contributed by atoms with Gasteiger partial charge in [0.2, 0.25) is 0 Å². The van der Waals surface area contributed by atoms with E-state index < -0.39 is 0 Å². The predicted molar refractivity (Wildman–Crippen MR) is 71.1 cm³/mol. The third-order valence-corrected chi connectivity index (χ3v) is 3.47. The van der Waals surface area contributed by atoms with Gasteiger partial charge >= 0.3 is 0 Å². The number of nitrogens with zero attached hydrogens (tertiary/aromatic N) is 2. The zero-order chi connectivity index (χ0) is 11.7. The molecule has 0 saturated carbocycles. The molecular formula is C14H17N3. The van der Waals surface area contributed by atoms with Gasteiger partial charge in [-0.15, -0.1) is 0 Å². The molecule has 0 amide bonds. The molecule has 1 aromatic heterocycles. The lowest BCUT2D eigenvalue weighted by Crippen LogP contribution is -2.20. The molecule has 0 radical (unpaired) electrons. The minimum Gasteiger partial charge on any atom is -0.371 e. The average Bonchev–Trinajstić information content (AvgIpc) is 2.91. The van der Waals surface area contributed by atoms with E-state index in [1.54, 1.807) is 0 Å². The first-order valence-electron chi connectivity index (χ1n) is 6.22. The second-order valence-electron chi connectivity index (χ2n) is 4.55. The Morgan fingerprint density at radius 2 is 1.94 bits per heavy atom. The highest BCUT2D eigenvalue weighted by Crippen LogP contribution is 2.31. The van der Waals surface area contributed by atoms with Crippen molar-refractivity contribution in [2.24, 2.45) is 5.73 Å². The number of fused-ring (bicyclic) bond motifs is 1. The van der Waals surface area contributed by atoms with Crippen molar-refractivity contribution in [2.75, 3.05) is 18.0 Å². The summed E-state index contributed by atoms with van der Waals surface area (Å²) in [6.45, 7) is 2.84. The lowest BCUT2D eigenvalue weighted by atomic mass is 10.1. The van der Waals surface area contributed by atoms with Gasteiger partial charge in [0.15, 0.2) is 0 Å². The van der Waals surface area contributed by atoms with Crippen LogP contribution in [-0.2, 0) is 6.54 Å². The van der Waals surface area contributed by atoms with E-state index in [1.165, 1.54) is 23.9 Å². The summed E-state index contributed by atoms with van der Waals surface area (Å²) in [6.07, 6.45) is 4.48. The molecule has 1 saturated heterocycles. The average molecular weight is 227 g/mol. The lowest BCUT2D eigenvalue weighted by molar-refractivity contribution is 0.942. The largest absolute Gasteiger partial charge is 0.371 e. The summed E-state index contributed by atoms with van der Waals surface area (Å²) in [5, 5.41) is 1.23. The quantitative estimate of drug-likeness (QED) is 0.856. The van der Waals surface area contributed by atoms with E-state index in [0.29, 0.717) is 6.54 Å². The summed E-state index contributed by atoms with van der Waals surface area (Å²) < 4.78 is 0. The molecule has 0 bridgehead atoms. The highest BCUT2D eigenvalue weighted by atomic mass is 15.1. The van der Waals surface area contributed by atoms with Crippen molar-refractivity contribution < 1.29 is 0 Å². The maximum atomic E-state index is 5.84. The molecule has 3 nitrogen and oxygen atoms in total. The van der Waals surface area contributed by atoms with Crippen molar-refractivity contribution in [2.45, 2.75) is 19.4 Å². The van der Waals surface area contributed by atoms with E-state index in [-0.39, 0.29) is 0 Å². The molecule has 1 aliphatic rings. The number of hydrogen-bond acceptors (Lipinski definition) is 3. The first kappa shape index (κ1) is 10.5. The Bertz CT molecular complexity index is 530. The van der Waals surface area contributed by atoms with Crippen LogP contribution in [0.2, 0.25) is 0 Å². The van der Waals surface area contributed by atoms with Crippen molar-refractivity contribution >= 4 is 16.6 Å². The highest BCUT2D eigenvalue weighted by molar-refractivity contribution is 5.93. The Morgan fingerprint density at radius 1 is 1.18 bits per heavy atom. The number of aromatic nitrogens is 1. The zero-order valence-corrected chi connectivity index (χ0v) is 9.89. The van der Waals surface area contributed by atoms with Crippen LogP contribution in [0, 0.1) is 0 Å². The monoisotopic (exact) mass is 227 g/mol. The van der Waals surface area contributed by atoms with Gasteiger partial charge in [-0.1, -0.05) is 18.2 Å². The molecule has 3 rings (SSSR count). The fourth-order valence-electron chi connectivity index (χ4n) is 2.63. The fraction of sp³-hybridized carbons (Fsp3) is 0.357. The van der Waals surface area contributed by atoms with Crippen LogP contribution in [0.25, 0.3) is 10.9 Å². The second-order valence-corrected chi connectivity index (χ2v) is 4.55. The summed E-state index contributed by atoms with van der Waals surface area (Å²) in [4.78, 5) is 6.93. The van der Waals surface area contributed by atoms with Gasteiger partial charge in [0.25, 0.3) is 0 Å². The minimum absolute atomic E-state index is 0.559. The molecule has 0 spiro atoms. The Labute approximate surface area is 101 Å². The number of pyridine rings is 1. The first-order valence-corrected chi connectivity index (χ1v) is 6.22. The fourth-order valence-corrected chi connectivity index (χ4v) is 2.63. The summed E-state index contributed by atoms with van der Waals surface area (Å²) in [6, 6.07) is 8.32. The summed E-state index contributed by atoms with van der Waals surface area (Å²) >= 11 is 0. The number of hydrogen-bond donors (Lipinski definition) is 1. The molecule has 0 atom stereocenters. The Morgan fingerprint density at radius 3 is 2.71 bits per heavy atom. The van der Waals surface area contributed by atoms with Gasteiger partial charge < -0.3 is 10.6 Å². The molecule has 0 aliphatic carbocycles. The van der Waals surface area contributed by atoms with Crippen molar-refractivity contribution in [1.29, 1.82) is 0 Å². The lowest BCUT2D eigenvalue weighted by Gasteiger charge is -2.22. The maximum Gasteiger partial charge on any atom is 0.0723 e. The van der Waals surface area contributed by atoms with Crippen LogP contribution in [0.3, 0.4) is 0 Å². The Kier molecular flexibility index (Phi) is 2.69. The number of anilines is 1. The summed E-state index contributed by atoms with van der Waals surface area (Å²) in [5.41, 5.74) is 9.36. The van der Waals surface area contributed by atoms with Gasteiger partial charge in [-0.3, -0.25) is 4.98 Å². The van der Waals surface area contributed by atoms with E-state index in [2.05, 4.69) is 28.1 Å². The highest BCUT2D eigenvalue weighted by Gasteiger charge is 2.18. The van der Waals surface area contributed by atoms with Gasteiger partial charge in [-0.25, -0.2) is 0 Å². The van der Waals surface area contributed by atoms with Gasteiger partial charge in [-0.05, 0) is 18.9 Å². The summed E-state index contributed by atoms with van der Waals surface area (Å²) in [7, 11) is 0.